The van der Waals surface area contributed by atoms with E-state index in [1.54, 1.807) is 18.2 Å². The van der Waals surface area contributed by atoms with Crippen LogP contribution in [-0.2, 0) is 4.74 Å². The predicted molar refractivity (Wildman–Crippen MR) is 83.3 cm³/mol. The smallest absolute Gasteiger partial charge is 0.335 e. The zero-order valence-electron chi connectivity index (χ0n) is 12.3. The van der Waals surface area contributed by atoms with Crippen molar-refractivity contribution in [1.82, 2.24) is 4.98 Å². The summed E-state index contributed by atoms with van der Waals surface area (Å²) in [6, 6.07) is 6.83. The second-order valence-corrected chi connectivity index (χ2v) is 5.03. The van der Waals surface area contributed by atoms with E-state index in [0.29, 0.717) is 25.3 Å². The molecule has 0 saturated carbocycles. The lowest BCUT2D eigenvalue weighted by Gasteiger charge is -2.15. The summed E-state index contributed by atoms with van der Waals surface area (Å²) >= 11 is 0. The number of hydrogen-bond donors (Lipinski definition) is 1. The van der Waals surface area contributed by atoms with Gasteiger partial charge in [0.1, 0.15) is 5.75 Å². The average molecular weight is 299 g/mol. The van der Waals surface area contributed by atoms with Crippen LogP contribution in [0, 0.1) is 0 Å². The second-order valence-electron chi connectivity index (χ2n) is 5.03. The van der Waals surface area contributed by atoms with Crippen LogP contribution in [0.3, 0.4) is 0 Å². The molecule has 0 bridgehead atoms. The van der Waals surface area contributed by atoms with Gasteiger partial charge in [0.05, 0.1) is 36.6 Å². The molecule has 0 saturated heterocycles. The molecule has 2 heterocycles. The third-order valence-corrected chi connectivity index (χ3v) is 3.61. The molecule has 0 radical (unpaired) electrons. The third-order valence-electron chi connectivity index (χ3n) is 3.61. The molecule has 1 aromatic carbocycles. The van der Waals surface area contributed by atoms with Crippen molar-refractivity contribution in [3.8, 4) is 5.75 Å². The Morgan fingerprint density at radius 2 is 2.27 bits per heavy atom. The summed E-state index contributed by atoms with van der Waals surface area (Å²) in [6.45, 7) is 3.71. The average Bonchev–Trinajstić information content (AvgIpc) is 2.55. The van der Waals surface area contributed by atoms with Gasteiger partial charge >= 0.3 is 5.97 Å². The SMILES string of the molecule is CCOc1cc(C2=CCOCC2)nc2cc(C(=O)O)ccc12. The highest BCUT2D eigenvalue weighted by Crippen LogP contribution is 2.30. The molecule has 22 heavy (non-hydrogen) atoms. The first kappa shape index (κ1) is 14.5. The van der Waals surface area contributed by atoms with Gasteiger partial charge in [-0.05, 0) is 37.1 Å². The molecule has 0 amide bonds. The van der Waals surface area contributed by atoms with Gasteiger partial charge in [-0.1, -0.05) is 6.08 Å². The zero-order chi connectivity index (χ0) is 15.5. The van der Waals surface area contributed by atoms with Gasteiger partial charge in [0.2, 0.25) is 0 Å². The number of ether oxygens (including phenoxy) is 2. The van der Waals surface area contributed by atoms with Gasteiger partial charge in [0.15, 0.2) is 0 Å². The molecule has 0 atom stereocenters. The first-order valence-electron chi connectivity index (χ1n) is 7.27. The number of fused-ring (bicyclic) bond motifs is 1. The van der Waals surface area contributed by atoms with Crippen LogP contribution >= 0.6 is 0 Å². The van der Waals surface area contributed by atoms with Gasteiger partial charge in [0, 0.05) is 11.5 Å². The minimum absolute atomic E-state index is 0.223. The van der Waals surface area contributed by atoms with E-state index in [0.717, 1.165) is 28.8 Å². The van der Waals surface area contributed by atoms with E-state index >= 15 is 0 Å². The first-order valence-corrected chi connectivity index (χ1v) is 7.27. The number of hydrogen-bond acceptors (Lipinski definition) is 4. The lowest BCUT2D eigenvalue weighted by atomic mass is 10.0. The predicted octanol–water partition coefficient (Wildman–Crippen LogP) is 3.14. The summed E-state index contributed by atoms with van der Waals surface area (Å²) < 4.78 is 11.0. The Hall–Kier alpha value is -2.40. The molecular formula is C17H17NO4. The Labute approximate surface area is 128 Å². The van der Waals surface area contributed by atoms with Crippen LogP contribution in [-0.4, -0.2) is 35.9 Å². The molecule has 5 nitrogen and oxygen atoms in total. The van der Waals surface area contributed by atoms with Crippen molar-refractivity contribution in [2.24, 2.45) is 0 Å². The van der Waals surface area contributed by atoms with Crippen molar-refractivity contribution in [1.29, 1.82) is 0 Å². The van der Waals surface area contributed by atoms with Crippen molar-refractivity contribution in [2.45, 2.75) is 13.3 Å². The van der Waals surface area contributed by atoms with Gasteiger partial charge in [0.25, 0.3) is 0 Å². The number of rotatable bonds is 4. The minimum atomic E-state index is -0.961. The van der Waals surface area contributed by atoms with Crippen LogP contribution in [0.2, 0.25) is 0 Å². The van der Waals surface area contributed by atoms with E-state index in [2.05, 4.69) is 4.98 Å². The van der Waals surface area contributed by atoms with Gasteiger partial charge in [-0.2, -0.15) is 0 Å². The number of benzene rings is 1. The van der Waals surface area contributed by atoms with Crippen molar-refractivity contribution >= 4 is 22.4 Å². The highest BCUT2D eigenvalue weighted by molar-refractivity contribution is 5.95. The lowest BCUT2D eigenvalue weighted by Crippen LogP contribution is -2.06. The van der Waals surface area contributed by atoms with Gasteiger partial charge in [-0.3, -0.25) is 0 Å². The quantitative estimate of drug-likeness (QED) is 0.939. The molecule has 5 heteroatoms. The molecule has 2 aromatic rings. The largest absolute Gasteiger partial charge is 0.493 e. The van der Waals surface area contributed by atoms with Gasteiger partial charge in [-0.15, -0.1) is 0 Å². The van der Waals surface area contributed by atoms with Crippen molar-refractivity contribution in [2.75, 3.05) is 19.8 Å². The zero-order valence-corrected chi connectivity index (χ0v) is 12.3. The molecular weight excluding hydrogens is 282 g/mol. The molecule has 0 aliphatic carbocycles. The standard InChI is InChI=1S/C17H17NO4/c1-2-22-16-10-14(11-5-7-21-8-6-11)18-15-9-12(17(19)20)3-4-13(15)16/h3-5,9-10H,2,6-8H2,1H3,(H,19,20). The Morgan fingerprint density at radius 1 is 1.41 bits per heavy atom. The summed E-state index contributed by atoms with van der Waals surface area (Å²) in [5.41, 5.74) is 2.78. The van der Waals surface area contributed by atoms with Crippen molar-refractivity contribution in [3.05, 3.63) is 41.6 Å². The maximum Gasteiger partial charge on any atom is 0.335 e. The van der Waals surface area contributed by atoms with E-state index < -0.39 is 5.97 Å². The number of carboxylic acids is 1. The van der Waals surface area contributed by atoms with Gasteiger partial charge < -0.3 is 14.6 Å². The number of aromatic carboxylic acids is 1. The fourth-order valence-electron chi connectivity index (χ4n) is 2.53. The minimum Gasteiger partial charge on any atom is -0.493 e. The first-order chi connectivity index (χ1) is 10.7. The molecule has 1 N–H and O–H groups in total. The van der Waals surface area contributed by atoms with Gasteiger partial charge in [-0.25, -0.2) is 9.78 Å². The topological polar surface area (TPSA) is 68.7 Å². The highest BCUT2D eigenvalue weighted by atomic mass is 16.5. The second kappa shape index (κ2) is 6.15. The fraction of sp³-hybridized carbons (Fsp3) is 0.294. The van der Waals surface area contributed by atoms with E-state index in [1.165, 1.54) is 0 Å². The Balaban J connectivity index is 2.16. The van der Waals surface area contributed by atoms with Crippen LogP contribution in [0.4, 0.5) is 0 Å². The van der Waals surface area contributed by atoms with E-state index in [1.807, 2.05) is 19.1 Å². The van der Waals surface area contributed by atoms with Crippen molar-refractivity contribution < 1.29 is 19.4 Å². The van der Waals surface area contributed by atoms with E-state index in [-0.39, 0.29) is 5.56 Å². The van der Waals surface area contributed by atoms with Crippen molar-refractivity contribution in [3.63, 3.8) is 0 Å². The molecule has 1 aliphatic heterocycles. The lowest BCUT2D eigenvalue weighted by molar-refractivity contribution is 0.0697. The number of aromatic nitrogens is 1. The summed E-state index contributed by atoms with van der Waals surface area (Å²) in [6.07, 6.45) is 2.80. The van der Waals surface area contributed by atoms with Crippen LogP contribution in [0.1, 0.15) is 29.4 Å². The molecule has 0 fully saturated rings. The molecule has 0 unspecified atom stereocenters. The number of pyridine rings is 1. The maximum absolute atomic E-state index is 11.2. The van der Waals surface area contributed by atoms with Crippen LogP contribution < -0.4 is 4.74 Å². The normalized spacial score (nSPS) is 14.7. The molecule has 1 aliphatic rings. The monoisotopic (exact) mass is 299 g/mol. The number of nitrogens with zero attached hydrogens (tertiary/aromatic N) is 1. The Kier molecular flexibility index (Phi) is 4.06. The Bertz CT molecular complexity index is 752. The van der Waals surface area contributed by atoms with Crippen LogP contribution in [0.15, 0.2) is 30.3 Å². The fourth-order valence-corrected chi connectivity index (χ4v) is 2.53. The maximum atomic E-state index is 11.2. The number of carbonyl (C=O) groups is 1. The molecule has 3 rings (SSSR count). The van der Waals surface area contributed by atoms with E-state index in [4.69, 9.17) is 14.6 Å². The Morgan fingerprint density at radius 3 is 2.95 bits per heavy atom. The van der Waals surface area contributed by atoms with Crippen LogP contribution in [0.25, 0.3) is 16.5 Å². The summed E-state index contributed by atoms with van der Waals surface area (Å²) in [5, 5.41) is 9.97. The molecule has 1 aromatic heterocycles. The highest BCUT2D eigenvalue weighted by Gasteiger charge is 2.14. The summed E-state index contributed by atoms with van der Waals surface area (Å²) in [5.74, 6) is -0.232. The summed E-state index contributed by atoms with van der Waals surface area (Å²) in [7, 11) is 0. The summed E-state index contributed by atoms with van der Waals surface area (Å²) in [4.78, 5) is 15.8. The molecule has 114 valence electrons. The van der Waals surface area contributed by atoms with Crippen LogP contribution in [0.5, 0.6) is 5.75 Å². The third kappa shape index (κ3) is 2.80. The molecule has 0 spiro atoms. The van der Waals surface area contributed by atoms with E-state index in [9.17, 15) is 4.79 Å². The number of carboxylic acid groups (broad SMARTS) is 1.